The molecular weight excluding hydrogens is 269 g/mol. The third kappa shape index (κ3) is 3.17. The molecule has 0 spiro atoms. The Morgan fingerprint density at radius 2 is 2.10 bits per heavy atom. The molecule has 3 nitrogen and oxygen atoms in total. The molecule has 4 heteroatoms. The Morgan fingerprint density at radius 1 is 1.29 bits per heavy atom. The highest BCUT2D eigenvalue weighted by Gasteiger charge is 2.29. The fraction of sp³-hybridized carbons (Fsp3) is 0.412. The summed E-state index contributed by atoms with van der Waals surface area (Å²) in [7, 11) is 0. The molecule has 0 unspecified atom stereocenters. The topological polar surface area (TPSA) is 36.6 Å². The molecule has 1 saturated carbocycles. The van der Waals surface area contributed by atoms with Crippen LogP contribution in [0.3, 0.4) is 0 Å². The molecule has 3 rings (SSSR count). The van der Waals surface area contributed by atoms with Gasteiger partial charge in [-0.05, 0) is 43.5 Å². The number of aliphatic hydroxyl groups excluding tert-OH is 1. The Labute approximate surface area is 124 Å². The van der Waals surface area contributed by atoms with Gasteiger partial charge in [0, 0.05) is 18.2 Å². The van der Waals surface area contributed by atoms with Gasteiger partial charge in [0.2, 0.25) is 0 Å². The minimum Gasteiger partial charge on any atom is -0.460 e. The number of benzene rings is 1. The summed E-state index contributed by atoms with van der Waals surface area (Å²) >= 11 is 0. The summed E-state index contributed by atoms with van der Waals surface area (Å²) in [5, 5.41) is 9.13. The normalized spacial score (nSPS) is 14.9. The van der Waals surface area contributed by atoms with Crippen molar-refractivity contribution in [3.63, 3.8) is 0 Å². The van der Waals surface area contributed by atoms with Crippen LogP contribution >= 0.6 is 0 Å². The van der Waals surface area contributed by atoms with Crippen molar-refractivity contribution >= 4 is 0 Å². The van der Waals surface area contributed by atoms with Gasteiger partial charge in [0.05, 0.1) is 13.2 Å². The number of hydrogen-bond acceptors (Lipinski definition) is 3. The van der Waals surface area contributed by atoms with Gasteiger partial charge in [-0.3, -0.25) is 4.90 Å². The van der Waals surface area contributed by atoms with Gasteiger partial charge in [0.1, 0.15) is 17.3 Å². The molecular formula is C17H20FNO2. The van der Waals surface area contributed by atoms with Crippen LogP contribution in [-0.4, -0.2) is 29.2 Å². The smallest absolute Gasteiger partial charge is 0.134 e. The Hall–Kier alpha value is -1.65. The molecule has 0 aliphatic heterocycles. The second-order valence-electron chi connectivity index (χ2n) is 5.60. The van der Waals surface area contributed by atoms with E-state index >= 15 is 0 Å². The molecule has 1 aliphatic rings. The number of hydrogen-bond donors (Lipinski definition) is 1. The molecule has 0 radical (unpaired) electrons. The van der Waals surface area contributed by atoms with Crippen molar-refractivity contribution in [3.05, 3.63) is 47.5 Å². The van der Waals surface area contributed by atoms with Crippen LogP contribution in [0.2, 0.25) is 0 Å². The second-order valence-corrected chi connectivity index (χ2v) is 5.60. The van der Waals surface area contributed by atoms with Gasteiger partial charge >= 0.3 is 0 Å². The molecule has 1 aromatic carbocycles. The van der Waals surface area contributed by atoms with E-state index in [4.69, 9.17) is 9.52 Å². The molecule has 1 N–H and O–H groups in total. The highest BCUT2D eigenvalue weighted by molar-refractivity contribution is 5.62. The number of aliphatic hydroxyl groups is 1. The minimum absolute atomic E-state index is 0.160. The van der Waals surface area contributed by atoms with E-state index in [2.05, 4.69) is 4.90 Å². The Bertz CT molecular complexity index is 619. The lowest BCUT2D eigenvalue weighted by Gasteiger charge is -2.19. The van der Waals surface area contributed by atoms with Crippen LogP contribution in [0.1, 0.15) is 24.2 Å². The number of furan rings is 1. The third-order valence-corrected chi connectivity index (χ3v) is 4.00. The predicted octanol–water partition coefficient (Wildman–Crippen LogP) is 3.35. The number of halogens is 1. The average molecular weight is 289 g/mol. The van der Waals surface area contributed by atoms with Crippen LogP contribution in [0.15, 0.2) is 34.7 Å². The van der Waals surface area contributed by atoms with Crippen LogP contribution in [-0.2, 0) is 6.54 Å². The van der Waals surface area contributed by atoms with Gasteiger partial charge in [0.25, 0.3) is 0 Å². The number of rotatable bonds is 6. The molecule has 0 atom stereocenters. The summed E-state index contributed by atoms with van der Waals surface area (Å²) in [4.78, 5) is 2.24. The van der Waals surface area contributed by atoms with E-state index in [1.807, 2.05) is 18.2 Å². The standard InChI is InChI=1S/C17H20FNO2/c1-12-15(3-2-4-16(12)18)17-8-7-14(21-17)11-19(9-10-20)13-5-6-13/h2-4,7-8,13,20H,5-6,9-11H2,1H3. The van der Waals surface area contributed by atoms with E-state index in [1.165, 1.54) is 18.9 Å². The highest BCUT2D eigenvalue weighted by Crippen LogP contribution is 2.30. The first-order valence-electron chi connectivity index (χ1n) is 7.38. The zero-order valence-electron chi connectivity index (χ0n) is 12.2. The summed E-state index contributed by atoms with van der Waals surface area (Å²) in [5.74, 6) is 1.33. The van der Waals surface area contributed by atoms with E-state index in [0.29, 0.717) is 30.5 Å². The van der Waals surface area contributed by atoms with E-state index in [0.717, 1.165) is 11.3 Å². The molecule has 1 aromatic heterocycles. The van der Waals surface area contributed by atoms with Crippen molar-refractivity contribution < 1.29 is 13.9 Å². The lowest BCUT2D eigenvalue weighted by molar-refractivity contribution is 0.174. The van der Waals surface area contributed by atoms with Crippen molar-refractivity contribution in [2.45, 2.75) is 32.4 Å². The van der Waals surface area contributed by atoms with Crippen molar-refractivity contribution in [2.75, 3.05) is 13.2 Å². The second kappa shape index (κ2) is 6.00. The first-order valence-corrected chi connectivity index (χ1v) is 7.38. The molecule has 2 aromatic rings. The van der Waals surface area contributed by atoms with Crippen LogP contribution in [0.5, 0.6) is 0 Å². The first kappa shape index (κ1) is 14.3. The zero-order valence-corrected chi connectivity index (χ0v) is 12.2. The molecule has 1 fully saturated rings. The van der Waals surface area contributed by atoms with Crippen LogP contribution in [0.25, 0.3) is 11.3 Å². The van der Waals surface area contributed by atoms with Gasteiger partial charge in [-0.2, -0.15) is 0 Å². The summed E-state index contributed by atoms with van der Waals surface area (Å²) in [6.07, 6.45) is 2.38. The van der Waals surface area contributed by atoms with E-state index in [9.17, 15) is 4.39 Å². The van der Waals surface area contributed by atoms with Crippen LogP contribution < -0.4 is 0 Å². The maximum Gasteiger partial charge on any atom is 0.134 e. The summed E-state index contributed by atoms with van der Waals surface area (Å²) in [6, 6.07) is 9.42. The Kier molecular flexibility index (Phi) is 4.08. The third-order valence-electron chi connectivity index (χ3n) is 4.00. The Morgan fingerprint density at radius 3 is 2.81 bits per heavy atom. The highest BCUT2D eigenvalue weighted by atomic mass is 19.1. The molecule has 1 aliphatic carbocycles. The molecule has 0 amide bonds. The van der Waals surface area contributed by atoms with Gasteiger partial charge in [-0.25, -0.2) is 4.39 Å². The molecule has 0 saturated heterocycles. The van der Waals surface area contributed by atoms with Gasteiger partial charge < -0.3 is 9.52 Å². The predicted molar refractivity (Wildman–Crippen MR) is 79.4 cm³/mol. The average Bonchev–Trinajstić information content (AvgIpc) is 3.22. The van der Waals surface area contributed by atoms with Crippen LogP contribution in [0.4, 0.5) is 4.39 Å². The molecule has 1 heterocycles. The van der Waals surface area contributed by atoms with E-state index < -0.39 is 0 Å². The van der Waals surface area contributed by atoms with E-state index in [1.54, 1.807) is 13.0 Å². The lowest BCUT2D eigenvalue weighted by atomic mass is 10.1. The number of nitrogens with zero attached hydrogens (tertiary/aromatic N) is 1. The van der Waals surface area contributed by atoms with Crippen molar-refractivity contribution in [2.24, 2.45) is 0 Å². The van der Waals surface area contributed by atoms with Crippen molar-refractivity contribution in [1.82, 2.24) is 4.90 Å². The van der Waals surface area contributed by atoms with Gasteiger partial charge in [-0.15, -0.1) is 0 Å². The SMILES string of the molecule is Cc1c(F)cccc1-c1ccc(CN(CCO)C2CC2)o1. The van der Waals surface area contributed by atoms with Gasteiger partial charge in [0.15, 0.2) is 0 Å². The molecule has 21 heavy (non-hydrogen) atoms. The first-order chi connectivity index (χ1) is 10.2. The van der Waals surface area contributed by atoms with E-state index in [-0.39, 0.29) is 12.4 Å². The maximum absolute atomic E-state index is 13.6. The zero-order chi connectivity index (χ0) is 14.8. The van der Waals surface area contributed by atoms with Gasteiger partial charge in [-0.1, -0.05) is 12.1 Å². The summed E-state index contributed by atoms with van der Waals surface area (Å²) in [6.45, 7) is 3.28. The molecule has 0 bridgehead atoms. The van der Waals surface area contributed by atoms with Crippen molar-refractivity contribution in [3.8, 4) is 11.3 Å². The lowest BCUT2D eigenvalue weighted by Crippen LogP contribution is -2.28. The summed E-state index contributed by atoms with van der Waals surface area (Å²) < 4.78 is 19.5. The quantitative estimate of drug-likeness (QED) is 0.886. The minimum atomic E-state index is -0.217. The van der Waals surface area contributed by atoms with Crippen molar-refractivity contribution in [1.29, 1.82) is 0 Å². The fourth-order valence-electron chi connectivity index (χ4n) is 2.64. The van der Waals surface area contributed by atoms with Crippen LogP contribution in [0, 0.1) is 12.7 Å². The Balaban J connectivity index is 1.78. The maximum atomic E-state index is 13.6. The monoisotopic (exact) mass is 289 g/mol. The largest absolute Gasteiger partial charge is 0.460 e. The fourth-order valence-corrected chi connectivity index (χ4v) is 2.64. The summed E-state index contributed by atoms with van der Waals surface area (Å²) in [5.41, 5.74) is 1.40. The molecule has 112 valence electrons.